The van der Waals surface area contributed by atoms with Crippen molar-refractivity contribution in [1.29, 1.82) is 0 Å². The number of carbonyl (C=O) groups excluding carboxylic acids is 2. The summed E-state index contributed by atoms with van der Waals surface area (Å²) in [5.41, 5.74) is 1.91. The molecule has 0 unspecified atom stereocenters. The van der Waals surface area contributed by atoms with Crippen molar-refractivity contribution in [3.8, 4) is 0 Å². The predicted molar refractivity (Wildman–Crippen MR) is 110 cm³/mol. The van der Waals surface area contributed by atoms with Crippen LogP contribution in [0.1, 0.15) is 43.6 Å². The number of carbonyl (C=O) groups is 2. The normalized spacial score (nSPS) is 12.6. The first-order valence-electron chi connectivity index (χ1n) is 9.40. The van der Waals surface area contributed by atoms with Crippen molar-refractivity contribution in [3.05, 3.63) is 71.9 Å². The van der Waals surface area contributed by atoms with E-state index >= 15 is 0 Å². The number of esters is 1. The number of rotatable bonds is 5. The molecule has 0 spiro atoms. The molecule has 0 bridgehead atoms. The molecule has 146 valence electrons. The first-order valence-corrected chi connectivity index (χ1v) is 9.40. The number of nitrogens with zero attached hydrogens (tertiary/aromatic N) is 1. The molecule has 28 heavy (non-hydrogen) atoms. The first kappa shape index (κ1) is 19.7. The lowest BCUT2D eigenvalue weighted by atomic mass is 10.0. The summed E-state index contributed by atoms with van der Waals surface area (Å²) < 4.78 is 5.53. The van der Waals surface area contributed by atoms with Crippen LogP contribution in [0.25, 0.3) is 10.9 Å². The molecular formula is C23H26N2O3. The Morgan fingerprint density at radius 3 is 2.36 bits per heavy atom. The van der Waals surface area contributed by atoms with Crippen LogP contribution in [0.2, 0.25) is 0 Å². The number of hydrogen-bond acceptors (Lipinski definition) is 3. The zero-order valence-electron chi connectivity index (χ0n) is 16.7. The van der Waals surface area contributed by atoms with Crippen LogP contribution >= 0.6 is 0 Å². The van der Waals surface area contributed by atoms with Gasteiger partial charge in [0.25, 0.3) is 5.91 Å². The van der Waals surface area contributed by atoms with Crippen molar-refractivity contribution in [1.82, 2.24) is 9.88 Å². The quantitative estimate of drug-likeness (QED) is 0.663. The summed E-state index contributed by atoms with van der Waals surface area (Å²) in [6.07, 6.45) is 0.736. The number of aromatic amines is 1. The van der Waals surface area contributed by atoms with Gasteiger partial charge in [0, 0.05) is 29.2 Å². The third-order valence-corrected chi connectivity index (χ3v) is 4.70. The highest BCUT2D eigenvalue weighted by molar-refractivity contribution is 6.04. The molecule has 0 saturated heterocycles. The van der Waals surface area contributed by atoms with E-state index in [1.807, 2.05) is 75.4 Å². The van der Waals surface area contributed by atoms with Crippen LogP contribution < -0.4 is 0 Å². The Bertz CT molecular complexity index is 970. The average molecular weight is 378 g/mol. The number of aromatic nitrogens is 1. The van der Waals surface area contributed by atoms with E-state index in [1.54, 1.807) is 18.0 Å². The molecule has 5 heteroatoms. The van der Waals surface area contributed by atoms with Crippen LogP contribution in [-0.2, 0) is 16.1 Å². The van der Waals surface area contributed by atoms with E-state index in [1.165, 1.54) is 0 Å². The number of amides is 1. The largest absolute Gasteiger partial charge is 0.449 e. The van der Waals surface area contributed by atoms with Gasteiger partial charge in [-0.15, -0.1) is 0 Å². The SMILES string of the molecule is C[C@@H](OC(=O)c1c[nH]c2ccccc12)C(=O)N(Cc1ccccc1)C(C)(C)C. The fourth-order valence-electron chi connectivity index (χ4n) is 3.15. The van der Waals surface area contributed by atoms with Gasteiger partial charge in [-0.25, -0.2) is 4.79 Å². The highest BCUT2D eigenvalue weighted by atomic mass is 16.5. The number of ether oxygens (including phenoxy) is 1. The average Bonchev–Trinajstić information content (AvgIpc) is 3.09. The Morgan fingerprint density at radius 2 is 1.68 bits per heavy atom. The molecule has 0 saturated carbocycles. The molecular weight excluding hydrogens is 352 g/mol. The topological polar surface area (TPSA) is 62.4 Å². The number of fused-ring (bicyclic) bond motifs is 1. The maximum atomic E-state index is 13.1. The Hall–Kier alpha value is -3.08. The van der Waals surface area contributed by atoms with Gasteiger partial charge >= 0.3 is 5.97 Å². The van der Waals surface area contributed by atoms with Crippen molar-refractivity contribution >= 4 is 22.8 Å². The van der Waals surface area contributed by atoms with Crippen molar-refractivity contribution in [2.45, 2.75) is 45.9 Å². The van der Waals surface area contributed by atoms with E-state index in [0.717, 1.165) is 16.5 Å². The fraction of sp³-hybridized carbons (Fsp3) is 0.304. The van der Waals surface area contributed by atoms with E-state index in [9.17, 15) is 9.59 Å². The smallest absolute Gasteiger partial charge is 0.341 e. The standard InChI is InChI=1S/C23H26N2O3/c1-16(28-22(27)19-14-24-20-13-9-8-12-18(19)20)21(26)25(23(2,3)4)15-17-10-6-5-7-11-17/h5-14,16,24H,15H2,1-4H3/t16-/m1/s1. The Kier molecular flexibility index (Phi) is 5.54. The van der Waals surface area contributed by atoms with Crippen LogP contribution in [-0.4, -0.2) is 33.4 Å². The lowest BCUT2D eigenvalue weighted by Gasteiger charge is -2.37. The van der Waals surface area contributed by atoms with Crippen LogP contribution in [0.15, 0.2) is 60.8 Å². The minimum atomic E-state index is -0.885. The molecule has 2 aromatic carbocycles. The highest BCUT2D eigenvalue weighted by Gasteiger charge is 2.32. The van der Waals surface area contributed by atoms with Gasteiger partial charge in [0.15, 0.2) is 6.10 Å². The monoisotopic (exact) mass is 378 g/mol. The lowest BCUT2D eigenvalue weighted by molar-refractivity contribution is -0.145. The van der Waals surface area contributed by atoms with Crippen molar-refractivity contribution in [2.75, 3.05) is 0 Å². The zero-order valence-corrected chi connectivity index (χ0v) is 16.7. The summed E-state index contributed by atoms with van der Waals surface area (Å²) in [4.78, 5) is 30.6. The minimum absolute atomic E-state index is 0.218. The molecule has 1 amide bonds. The van der Waals surface area contributed by atoms with Gasteiger partial charge in [-0.2, -0.15) is 0 Å². The molecule has 1 N–H and O–H groups in total. The summed E-state index contributed by atoms with van der Waals surface area (Å²) >= 11 is 0. The fourth-order valence-corrected chi connectivity index (χ4v) is 3.15. The molecule has 3 aromatic rings. The maximum Gasteiger partial charge on any atom is 0.341 e. The summed E-state index contributed by atoms with van der Waals surface area (Å²) in [5, 5.41) is 0.782. The second-order valence-corrected chi connectivity index (χ2v) is 7.88. The third-order valence-electron chi connectivity index (χ3n) is 4.70. The number of hydrogen-bond donors (Lipinski definition) is 1. The van der Waals surface area contributed by atoms with Crippen LogP contribution in [0, 0.1) is 0 Å². The predicted octanol–water partition coefficient (Wildman–Crippen LogP) is 4.54. The second-order valence-electron chi connectivity index (χ2n) is 7.88. The van der Waals surface area contributed by atoms with E-state index in [-0.39, 0.29) is 5.91 Å². The molecule has 5 nitrogen and oxygen atoms in total. The van der Waals surface area contributed by atoms with E-state index in [4.69, 9.17) is 4.74 Å². The van der Waals surface area contributed by atoms with E-state index in [0.29, 0.717) is 12.1 Å². The maximum absolute atomic E-state index is 13.1. The van der Waals surface area contributed by atoms with Gasteiger partial charge in [-0.3, -0.25) is 4.79 Å². The van der Waals surface area contributed by atoms with Gasteiger partial charge in [-0.05, 0) is 39.3 Å². The number of H-pyrrole nitrogens is 1. The minimum Gasteiger partial charge on any atom is -0.449 e. The summed E-state index contributed by atoms with van der Waals surface area (Å²) in [6.45, 7) is 8.00. The molecule has 1 atom stereocenters. The molecule has 0 aliphatic carbocycles. The first-order chi connectivity index (χ1) is 13.3. The molecule has 3 rings (SSSR count). The van der Waals surface area contributed by atoms with Crippen molar-refractivity contribution in [3.63, 3.8) is 0 Å². The molecule has 0 aliphatic heterocycles. The van der Waals surface area contributed by atoms with Crippen molar-refractivity contribution in [2.24, 2.45) is 0 Å². The van der Waals surface area contributed by atoms with Crippen LogP contribution in [0.5, 0.6) is 0 Å². The number of benzene rings is 2. The second kappa shape index (κ2) is 7.89. The highest BCUT2D eigenvalue weighted by Crippen LogP contribution is 2.22. The van der Waals surface area contributed by atoms with Gasteiger partial charge in [0.05, 0.1) is 5.56 Å². The summed E-state index contributed by atoms with van der Waals surface area (Å²) in [5.74, 6) is -0.726. The Balaban J connectivity index is 1.76. The Labute approximate surface area is 165 Å². The van der Waals surface area contributed by atoms with E-state index < -0.39 is 17.6 Å². The van der Waals surface area contributed by atoms with Gasteiger partial charge in [0.2, 0.25) is 0 Å². The molecule has 0 aliphatic rings. The molecule has 0 radical (unpaired) electrons. The van der Waals surface area contributed by atoms with Gasteiger partial charge in [-0.1, -0.05) is 48.5 Å². The zero-order chi connectivity index (χ0) is 20.3. The summed E-state index contributed by atoms with van der Waals surface area (Å²) in [7, 11) is 0. The molecule has 0 fully saturated rings. The van der Waals surface area contributed by atoms with Crippen LogP contribution in [0.4, 0.5) is 0 Å². The van der Waals surface area contributed by atoms with Gasteiger partial charge in [0.1, 0.15) is 0 Å². The summed E-state index contributed by atoms with van der Waals surface area (Å²) in [6, 6.07) is 17.3. The number of para-hydroxylation sites is 1. The van der Waals surface area contributed by atoms with Gasteiger partial charge < -0.3 is 14.6 Å². The number of nitrogens with one attached hydrogen (secondary N) is 1. The van der Waals surface area contributed by atoms with E-state index in [2.05, 4.69) is 4.98 Å². The third kappa shape index (κ3) is 4.25. The molecule has 1 aromatic heterocycles. The Morgan fingerprint density at radius 1 is 1.04 bits per heavy atom. The van der Waals surface area contributed by atoms with Crippen molar-refractivity contribution < 1.29 is 14.3 Å². The lowest BCUT2D eigenvalue weighted by Crippen LogP contribution is -2.49. The van der Waals surface area contributed by atoms with Crippen LogP contribution in [0.3, 0.4) is 0 Å². The molecule has 1 heterocycles.